The molecule has 0 aliphatic heterocycles. The molecule has 0 radical (unpaired) electrons. The molecule has 76 valence electrons. The number of nitrogens with zero attached hydrogens (tertiary/aromatic N) is 1. The lowest BCUT2D eigenvalue weighted by molar-refractivity contribution is -0.136. The predicted molar refractivity (Wildman–Crippen MR) is 58.9 cm³/mol. The summed E-state index contributed by atoms with van der Waals surface area (Å²) in [6.45, 7) is 0. The van der Waals surface area contributed by atoms with E-state index in [1.165, 1.54) is 11.5 Å². The Morgan fingerprint density at radius 2 is 2.13 bits per heavy atom. The van der Waals surface area contributed by atoms with Crippen LogP contribution in [0.1, 0.15) is 5.56 Å². The summed E-state index contributed by atoms with van der Waals surface area (Å²) in [6, 6.07) is 9.34. The first kappa shape index (κ1) is 9.86. The molecular weight excluding hydrogens is 210 g/mol. The molecule has 1 N–H and O–H groups in total. The molecule has 0 saturated heterocycles. The molecule has 0 fully saturated rings. The number of carboxylic acids is 1. The van der Waals surface area contributed by atoms with Crippen molar-refractivity contribution in [2.75, 3.05) is 0 Å². The molecule has 0 aliphatic rings. The lowest BCUT2D eigenvalue weighted by Gasteiger charge is -2.03. The molecule has 2 rings (SSSR count). The Morgan fingerprint density at radius 3 is 2.80 bits per heavy atom. The van der Waals surface area contributed by atoms with Gasteiger partial charge in [0, 0.05) is 10.9 Å². The smallest absolute Gasteiger partial charge is 0.307 e. The molecule has 4 heteroatoms. The quantitative estimate of drug-likeness (QED) is 0.862. The van der Waals surface area contributed by atoms with E-state index in [0.29, 0.717) is 0 Å². The van der Waals surface area contributed by atoms with Crippen molar-refractivity contribution in [3.63, 3.8) is 0 Å². The molecule has 3 nitrogen and oxygen atoms in total. The first-order valence-corrected chi connectivity index (χ1v) is 5.31. The molecule has 2 aromatic rings. The van der Waals surface area contributed by atoms with Gasteiger partial charge in [0.25, 0.3) is 0 Å². The number of hydrogen-bond donors (Lipinski definition) is 1. The second-order valence-corrected chi connectivity index (χ2v) is 3.78. The van der Waals surface area contributed by atoms with Gasteiger partial charge in [-0.25, -0.2) is 0 Å². The molecule has 0 saturated carbocycles. The van der Waals surface area contributed by atoms with Crippen molar-refractivity contribution >= 4 is 17.5 Å². The Labute approximate surface area is 91.2 Å². The Morgan fingerprint density at radius 1 is 1.33 bits per heavy atom. The molecule has 0 spiro atoms. The second kappa shape index (κ2) is 4.23. The van der Waals surface area contributed by atoms with E-state index in [9.17, 15) is 4.79 Å². The SMILES string of the molecule is O=C(O)Cc1ccccc1-c1ccsn1. The number of rotatable bonds is 3. The fraction of sp³-hybridized carbons (Fsp3) is 0.0909. The van der Waals surface area contributed by atoms with Gasteiger partial charge in [0.1, 0.15) is 0 Å². The third-order valence-corrected chi connectivity index (χ3v) is 2.63. The van der Waals surface area contributed by atoms with E-state index in [-0.39, 0.29) is 6.42 Å². The Balaban J connectivity index is 2.42. The highest BCUT2D eigenvalue weighted by Gasteiger charge is 2.08. The van der Waals surface area contributed by atoms with Crippen LogP contribution in [-0.4, -0.2) is 15.4 Å². The molecule has 0 amide bonds. The lowest BCUT2D eigenvalue weighted by atomic mass is 10.0. The Kier molecular flexibility index (Phi) is 2.78. The number of aliphatic carboxylic acids is 1. The maximum atomic E-state index is 10.7. The number of carbonyl (C=O) groups is 1. The minimum absolute atomic E-state index is 0.0354. The van der Waals surface area contributed by atoms with E-state index < -0.39 is 5.97 Å². The van der Waals surface area contributed by atoms with E-state index in [1.807, 2.05) is 35.7 Å². The summed E-state index contributed by atoms with van der Waals surface area (Å²) >= 11 is 1.36. The van der Waals surface area contributed by atoms with Gasteiger partial charge in [-0.3, -0.25) is 4.79 Å². The molecular formula is C11H9NO2S. The van der Waals surface area contributed by atoms with Crippen LogP contribution in [0.3, 0.4) is 0 Å². The van der Waals surface area contributed by atoms with E-state index in [1.54, 1.807) is 0 Å². The largest absolute Gasteiger partial charge is 0.481 e. The highest BCUT2D eigenvalue weighted by atomic mass is 32.1. The third-order valence-electron chi connectivity index (χ3n) is 2.07. The molecule has 0 aliphatic carbocycles. The third kappa shape index (κ3) is 2.22. The Hall–Kier alpha value is -1.68. The average Bonchev–Trinajstić information content (AvgIpc) is 2.70. The zero-order valence-corrected chi connectivity index (χ0v) is 8.70. The predicted octanol–water partition coefficient (Wildman–Crippen LogP) is 2.44. The van der Waals surface area contributed by atoms with Crippen molar-refractivity contribution in [3.8, 4) is 11.3 Å². The monoisotopic (exact) mass is 219 g/mol. The van der Waals surface area contributed by atoms with Crippen LogP contribution in [0.4, 0.5) is 0 Å². The summed E-state index contributed by atoms with van der Waals surface area (Å²) in [5.74, 6) is -0.822. The van der Waals surface area contributed by atoms with Gasteiger partial charge in [0.15, 0.2) is 0 Å². The Bertz CT molecular complexity index is 465. The van der Waals surface area contributed by atoms with E-state index >= 15 is 0 Å². The van der Waals surface area contributed by atoms with E-state index in [2.05, 4.69) is 4.37 Å². The molecule has 15 heavy (non-hydrogen) atoms. The van der Waals surface area contributed by atoms with Crippen LogP contribution in [0.5, 0.6) is 0 Å². The van der Waals surface area contributed by atoms with Crippen LogP contribution in [0.25, 0.3) is 11.3 Å². The lowest BCUT2D eigenvalue weighted by Crippen LogP contribution is -2.01. The van der Waals surface area contributed by atoms with Gasteiger partial charge in [-0.05, 0) is 23.2 Å². The summed E-state index contributed by atoms with van der Waals surface area (Å²) in [6.07, 6.45) is 0.0354. The molecule has 0 atom stereocenters. The van der Waals surface area contributed by atoms with Crippen LogP contribution < -0.4 is 0 Å². The molecule has 1 heterocycles. The van der Waals surface area contributed by atoms with Gasteiger partial charge < -0.3 is 5.11 Å². The first-order valence-electron chi connectivity index (χ1n) is 4.48. The number of carboxylic acid groups (broad SMARTS) is 1. The van der Waals surface area contributed by atoms with Gasteiger partial charge in [0.05, 0.1) is 12.1 Å². The number of benzene rings is 1. The van der Waals surface area contributed by atoms with Crippen molar-refractivity contribution in [2.45, 2.75) is 6.42 Å². The molecule has 1 aromatic carbocycles. The zero-order chi connectivity index (χ0) is 10.7. The normalized spacial score (nSPS) is 10.1. The van der Waals surface area contributed by atoms with Crippen molar-refractivity contribution in [1.29, 1.82) is 0 Å². The standard InChI is InChI=1S/C11H9NO2S/c13-11(14)7-8-3-1-2-4-9(8)10-5-6-15-12-10/h1-6H,7H2,(H,13,14). The fourth-order valence-corrected chi connectivity index (χ4v) is 1.96. The van der Waals surface area contributed by atoms with Gasteiger partial charge in [-0.1, -0.05) is 24.3 Å². The molecule has 0 unspecified atom stereocenters. The maximum Gasteiger partial charge on any atom is 0.307 e. The summed E-state index contributed by atoms with van der Waals surface area (Å²) < 4.78 is 4.20. The van der Waals surface area contributed by atoms with Gasteiger partial charge >= 0.3 is 5.97 Å². The minimum Gasteiger partial charge on any atom is -0.481 e. The van der Waals surface area contributed by atoms with Crippen molar-refractivity contribution in [3.05, 3.63) is 41.3 Å². The number of aromatic nitrogens is 1. The van der Waals surface area contributed by atoms with E-state index in [4.69, 9.17) is 5.11 Å². The summed E-state index contributed by atoms with van der Waals surface area (Å²) in [5.41, 5.74) is 2.55. The van der Waals surface area contributed by atoms with Crippen molar-refractivity contribution < 1.29 is 9.90 Å². The van der Waals surface area contributed by atoms with Crippen LogP contribution in [0, 0.1) is 0 Å². The van der Waals surface area contributed by atoms with Crippen molar-refractivity contribution in [2.24, 2.45) is 0 Å². The first-order chi connectivity index (χ1) is 7.27. The number of hydrogen-bond acceptors (Lipinski definition) is 3. The fourth-order valence-electron chi connectivity index (χ4n) is 1.44. The summed E-state index contributed by atoms with van der Waals surface area (Å²) in [5, 5.41) is 10.7. The van der Waals surface area contributed by atoms with Gasteiger partial charge in [-0.2, -0.15) is 4.37 Å². The highest BCUT2D eigenvalue weighted by Crippen LogP contribution is 2.23. The van der Waals surface area contributed by atoms with Crippen LogP contribution in [0.15, 0.2) is 35.7 Å². The average molecular weight is 219 g/mol. The zero-order valence-electron chi connectivity index (χ0n) is 7.88. The topological polar surface area (TPSA) is 50.2 Å². The highest BCUT2D eigenvalue weighted by molar-refractivity contribution is 7.03. The maximum absolute atomic E-state index is 10.7. The molecule has 1 aromatic heterocycles. The summed E-state index contributed by atoms with van der Waals surface area (Å²) in [7, 11) is 0. The van der Waals surface area contributed by atoms with Crippen LogP contribution >= 0.6 is 11.5 Å². The van der Waals surface area contributed by atoms with E-state index in [0.717, 1.165) is 16.8 Å². The molecule has 0 bridgehead atoms. The van der Waals surface area contributed by atoms with Crippen LogP contribution in [0.2, 0.25) is 0 Å². The minimum atomic E-state index is -0.822. The van der Waals surface area contributed by atoms with Gasteiger partial charge in [0.2, 0.25) is 0 Å². The summed E-state index contributed by atoms with van der Waals surface area (Å²) in [4.78, 5) is 10.7. The second-order valence-electron chi connectivity index (χ2n) is 3.11. The van der Waals surface area contributed by atoms with Gasteiger partial charge in [-0.15, -0.1) is 0 Å². The van der Waals surface area contributed by atoms with Crippen LogP contribution in [-0.2, 0) is 11.2 Å². The van der Waals surface area contributed by atoms with Crippen molar-refractivity contribution in [1.82, 2.24) is 4.37 Å².